The number of nitrogens with zero attached hydrogens (tertiary/aromatic N) is 6. The lowest BCUT2D eigenvalue weighted by Crippen LogP contribution is -2.43. The zero-order valence-corrected chi connectivity index (χ0v) is 24.6. The van der Waals surface area contributed by atoms with Crippen molar-refractivity contribution in [1.29, 1.82) is 0 Å². The third-order valence-electron chi connectivity index (χ3n) is 9.58. The summed E-state index contributed by atoms with van der Waals surface area (Å²) in [6, 6.07) is 17.5. The second-order valence-corrected chi connectivity index (χ2v) is 12.4. The van der Waals surface area contributed by atoms with E-state index in [4.69, 9.17) is 22.4 Å². The van der Waals surface area contributed by atoms with E-state index in [-0.39, 0.29) is 0 Å². The first kappa shape index (κ1) is 27.4. The van der Waals surface area contributed by atoms with Gasteiger partial charge in [0.15, 0.2) is 5.65 Å². The fourth-order valence-electron chi connectivity index (χ4n) is 7.20. The molecule has 2 aliphatic rings. The van der Waals surface area contributed by atoms with E-state index in [9.17, 15) is 5.11 Å². The van der Waals surface area contributed by atoms with Crippen LogP contribution < -0.4 is 5.73 Å². The van der Waals surface area contributed by atoms with E-state index in [1.54, 1.807) is 6.33 Å². The summed E-state index contributed by atoms with van der Waals surface area (Å²) in [5.41, 5.74) is 11.4. The number of anilines is 1. The Labute approximate surface area is 251 Å². The Bertz CT molecular complexity index is 1700. The number of nitrogen functional groups attached to an aromatic ring is 1. The number of halogens is 1. The molecule has 3 aromatic heterocycles. The molecular weight excluding hydrogens is 546 g/mol. The Morgan fingerprint density at radius 1 is 0.929 bits per heavy atom. The maximum atomic E-state index is 9.30. The quantitative estimate of drug-likeness (QED) is 0.233. The van der Waals surface area contributed by atoms with E-state index in [1.807, 2.05) is 18.2 Å². The van der Waals surface area contributed by atoms with Gasteiger partial charge in [0.25, 0.3) is 0 Å². The second kappa shape index (κ2) is 11.7. The predicted octanol–water partition coefficient (Wildman–Crippen LogP) is 6.31. The summed E-state index contributed by atoms with van der Waals surface area (Å²) in [5, 5.41) is 17.2. The maximum absolute atomic E-state index is 9.30. The number of benzene rings is 2. The van der Waals surface area contributed by atoms with Gasteiger partial charge in [-0.05, 0) is 93.8 Å². The van der Waals surface area contributed by atoms with E-state index < -0.39 is 0 Å². The summed E-state index contributed by atoms with van der Waals surface area (Å²) < 4.78 is 4.35. The molecule has 3 N–H and O–H groups in total. The van der Waals surface area contributed by atoms with Gasteiger partial charge in [-0.3, -0.25) is 0 Å². The molecule has 1 saturated carbocycles. The van der Waals surface area contributed by atoms with Crippen molar-refractivity contribution in [1.82, 2.24) is 29.2 Å². The molecule has 1 aliphatic heterocycles. The summed E-state index contributed by atoms with van der Waals surface area (Å²) in [6.45, 7) is 3.33. The Balaban J connectivity index is 1.13. The number of aliphatic hydroxyl groups excluding tert-OH is 1. The van der Waals surface area contributed by atoms with Crippen LogP contribution in [0.2, 0.25) is 5.02 Å². The van der Waals surface area contributed by atoms with Gasteiger partial charge in [-0.25, -0.2) is 14.6 Å². The van der Waals surface area contributed by atoms with Crippen molar-refractivity contribution in [2.75, 3.05) is 25.4 Å². The van der Waals surface area contributed by atoms with Crippen molar-refractivity contribution in [3.63, 3.8) is 0 Å². The van der Waals surface area contributed by atoms with E-state index >= 15 is 0 Å². The van der Waals surface area contributed by atoms with Crippen LogP contribution in [0.4, 0.5) is 5.82 Å². The minimum atomic E-state index is 0.291. The van der Waals surface area contributed by atoms with Crippen LogP contribution in [0.1, 0.15) is 56.6 Å². The number of hydrogen-bond donors (Lipinski definition) is 2. The van der Waals surface area contributed by atoms with Gasteiger partial charge in [-0.15, -0.1) is 0 Å². The molecule has 5 aromatic rings. The first-order valence-corrected chi connectivity index (χ1v) is 15.6. The molecule has 1 aliphatic carbocycles. The molecule has 9 heteroatoms. The summed E-state index contributed by atoms with van der Waals surface area (Å²) in [6.07, 6.45) is 11.5. The minimum absolute atomic E-state index is 0.291. The largest absolute Gasteiger partial charge is 0.396 e. The standard InChI is InChI=1S/C33H38ClN7O/c34-28-4-2-1-3-25(28)20-40-17-13-23-19-24(5-10-29(23)40)31-30-32(35)36-21-37-33(30)41(38-31)27-8-6-26(7-9-27)39-15-11-22(12-16-39)14-18-42/h1-5,10,13,17,19,21-22,26-27,42H,6-9,11-12,14-16,18,20H2,(H2,35,36,37)/t26-,27-. The number of nitrogens with two attached hydrogens (primary N) is 1. The molecule has 0 atom stereocenters. The Morgan fingerprint density at radius 3 is 2.50 bits per heavy atom. The second-order valence-electron chi connectivity index (χ2n) is 12.0. The number of likely N-dealkylation sites (tertiary alicyclic amines) is 1. The van der Waals surface area contributed by atoms with Gasteiger partial charge in [0.2, 0.25) is 0 Å². The molecule has 0 unspecified atom stereocenters. The predicted molar refractivity (Wildman–Crippen MR) is 169 cm³/mol. The molecule has 2 fully saturated rings. The molecule has 7 rings (SSSR count). The highest BCUT2D eigenvalue weighted by atomic mass is 35.5. The van der Waals surface area contributed by atoms with E-state index in [0.29, 0.717) is 37.0 Å². The molecule has 0 bridgehead atoms. The van der Waals surface area contributed by atoms with E-state index in [2.05, 4.69) is 60.6 Å². The number of hydrogen-bond acceptors (Lipinski definition) is 6. The summed E-state index contributed by atoms with van der Waals surface area (Å²) in [5.74, 6) is 1.15. The van der Waals surface area contributed by atoms with E-state index in [0.717, 1.165) is 89.0 Å². The summed E-state index contributed by atoms with van der Waals surface area (Å²) in [4.78, 5) is 11.7. The number of rotatable bonds is 7. The maximum Gasteiger partial charge on any atom is 0.164 e. The lowest BCUT2D eigenvalue weighted by Gasteiger charge is -2.40. The van der Waals surface area contributed by atoms with Crippen LogP contribution in [-0.4, -0.2) is 60.1 Å². The first-order chi connectivity index (χ1) is 20.6. The zero-order chi connectivity index (χ0) is 28.6. The van der Waals surface area contributed by atoms with Crippen LogP contribution in [0.5, 0.6) is 0 Å². The normalized spacial score (nSPS) is 20.5. The van der Waals surface area contributed by atoms with Gasteiger partial charge in [0.05, 0.1) is 11.4 Å². The number of fused-ring (bicyclic) bond motifs is 2. The fraction of sp³-hybridized carbons (Fsp3) is 0.424. The topological polar surface area (TPSA) is 98.0 Å². The van der Waals surface area contributed by atoms with Gasteiger partial charge in [0.1, 0.15) is 17.8 Å². The van der Waals surface area contributed by atoms with Gasteiger partial charge in [-0.1, -0.05) is 35.9 Å². The third-order valence-corrected chi connectivity index (χ3v) is 9.94. The monoisotopic (exact) mass is 583 g/mol. The SMILES string of the molecule is Nc1ncnc2c1c(-c1ccc3c(ccn3Cc3ccccc3Cl)c1)nn2[C@H]1CC[C@H](N2CCC(CCO)CC2)CC1. The van der Waals surface area contributed by atoms with Crippen LogP contribution in [0.25, 0.3) is 33.2 Å². The highest BCUT2D eigenvalue weighted by Crippen LogP contribution is 2.38. The molecule has 42 heavy (non-hydrogen) atoms. The van der Waals surface area contributed by atoms with Crippen molar-refractivity contribution in [3.8, 4) is 11.3 Å². The highest BCUT2D eigenvalue weighted by molar-refractivity contribution is 6.31. The van der Waals surface area contributed by atoms with Gasteiger partial charge < -0.3 is 20.3 Å². The van der Waals surface area contributed by atoms with Crippen molar-refractivity contribution >= 4 is 39.4 Å². The van der Waals surface area contributed by atoms with Gasteiger partial charge >= 0.3 is 0 Å². The van der Waals surface area contributed by atoms with Crippen molar-refractivity contribution < 1.29 is 5.11 Å². The molecular formula is C33H38ClN7O. The van der Waals surface area contributed by atoms with E-state index in [1.165, 1.54) is 12.8 Å². The third kappa shape index (κ3) is 5.16. The highest BCUT2D eigenvalue weighted by Gasteiger charge is 2.31. The molecule has 2 aromatic carbocycles. The number of aromatic nitrogens is 5. The molecule has 0 radical (unpaired) electrons. The molecule has 0 amide bonds. The summed E-state index contributed by atoms with van der Waals surface area (Å²) >= 11 is 6.44. The van der Waals surface area contributed by atoms with Crippen LogP contribution in [-0.2, 0) is 6.54 Å². The Morgan fingerprint density at radius 2 is 1.71 bits per heavy atom. The lowest BCUT2D eigenvalue weighted by atomic mass is 9.87. The zero-order valence-electron chi connectivity index (χ0n) is 23.9. The smallest absolute Gasteiger partial charge is 0.164 e. The van der Waals surface area contributed by atoms with Gasteiger partial charge in [-0.2, -0.15) is 5.10 Å². The molecule has 0 spiro atoms. The Hall–Kier alpha value is -3.46. The van der Waals surface area contributed by atoms with Crippen molar-refractivity contribution in [2.24, 2.45) is 5.92 Å². The van der Waals surface area contributed by atoms with Crippen LogP contribution in [0, 0.1) is 5.92 Å². The first-order valence-electron chi connectivity index (χ1n) is 15.3. The lowest BCUT2D eigenvalue weighted by molar-refractivity contribution is 0.0871. The molecule has 218 valence electrons. The minimum Gasteiger partial charge on any atom is -0.396 e. The summed E-state index contributed by atoms with van der Waals surface area (Å²) in [7, 11) is 0. The molecule has 1 saturated heterocycles. The Kier molecular flexibility index (Phi) is 7.61. The van der Waals surface area contributed by atoms with Crippen LogP contribution >= 0.6 is 11.6 Å². The van der Waals surface area contributed by atoms with Gasteiger partial charge in [0, 0.05) is 46.9 Å². The van der Waals surface area contributed by atoms with Crippen LogP contribution in [0.15, 0.2) is 61.1 Å². The fourth-order valence-corrected chi connectivity index (χ4v) is 7.40. The number of aliphatic hydroxyl groups is 1. The number of piperidine rings is 1. The average molecular weight is 584 g/mol. The van der Waals surface area contributed by atoms with Crippen LogP contribution in [0.3, 0.4) is 0 Å². The molecule has 4 heterocycles. The van der Waals surface area contributed by atoms with Crippen molar-refractivity contribution in [2.45, 2.75) is 63.6 Å². The van der Waals surface area contributed by atoms with Crippen molar-refractivity contribution in [3.05, 3.63) is 71.6 Å². The average Bonchev–Trinajstić information content (AvgIpc) is 3.61. The molecule has 8 nitrogen and oxygen atoms in total.